The van der Waals surface area contributed by atoms with Gasteiger partial charge >= 0.3 is 0 Å². The molecule has 7 heterocycles. The number of anilines is 1. The Bertz CT molecular complexity index is 2150. The molecule has 58 heavy (non-hydrogen) atoms. The lowest BCUT2D eigenvalue weighted by molar-refractivity contribution is -0.129. The van der Waals surface area contributed by atoms with Crippen molar-refractivity contribution in [3.63, 3.8) is 0 Å². The van der Waals surface area contributed by atoms with Gasteiger partial charge in [-0.15, -0.1) is 0 Å². The number of amides is 3. The van der Waals surface area contributed by atoms with E-state index in [1.165, 1.54) is 41.0 Å². The molecule has 3 fully saturated rings. The Labute approximate surface area is 344 Å². The van der Waals surface area contributed by atoms with Gasteiger partial charge in [-0.3, -0.25) is 24.2 Å². The van der Waals surface area contributed by atoms with Gasteiger partial charge in [-0.05, 0) is 72.8 Å². The molecule has 0 aliphatic carbocycles. The molecule has 0 spiro atoms. The Hall–Kier alpha value is -4.98. The van der Waals surface area contributed by atoms with Crippen molar-refractivity contribution >= 4 is 35.1 Å². The SMILES string of the molecule is O=C(Cc1ccc2c(c1)CN(C1CCN(C(=O)c3cc(Cl)ncn3)CC1)CC2)N1CC[C@@H](Nc2cc(C(=O)N3CCC(N4CCc5ccccc5C4)CC3)ncn2)C1. The van der Waals surface area contributed by atoms with E-state index in [0.717, 1.165) is 89.8 Å². The first-order valence-electron chi connectivity index (χ1n) is 20.9. The van der Waals surface area contributed by atoms with Gasteiger partial charge < -0.3 is 20.0 Å². The van der Waals surface area contributed by atoms with Crippen LogP contribution in [0.2, 0.25) is 5.15 Å². The topological polar surface area (TPSA) is 131 Å². The Morgan fingerprint density at radius 1 is 0.621 bits per heavy atom. The number of likely N-dealkylation sites (tertiary alicyclic amines) is 3. The summed E-state index contributed by atoms with van der Waals surface area (Å²) < 4.78 is 0. The zero-order chi connectivity index (χ0) is 39.6. The molecule has 0 radical (unpaired) electrons. The largest absolute Gasteiger partial charge is 0.365 e. The molecule has 0 bridgehead atoms. The molecule has 4 aromatic rings. The second-order valence-corrected chi connectivity index (χ2v) is 16.9. The fraction of sp³-hybridized carbons (Fsp3) is 0.477. The Kier molecular flexibility index (Phi) is 11.4. The van der Waals surface area contributed by atoms with E-state index in [0.29, 0.717) is 61.9 Å². The van der Waals surface area contributed by atoms with Crippen LogP contribution < -0.4 is 5.32 Å². The van der Waals surface area contributed by atoms with Gasteiger partial charge in [0.15, 0.2) is 0 Å². The van der Waals surface area contributed by atoms with Crippen molar-refractivity contribution in [3.05, 3.63) is 112 Å². The number of carbonyl (C=O) groups excluding carboxylic acids is 3. The number of rotatable bonds is 8. The summed E-state index contributed by atoms with van der Waals surface area (Å²) in [5, 5.41) is 3.75. The summed E-state index contributed by atoms with van der Waals surface area (Å²) in [6, 6.07) is 19.5. The molecule has 0 saturated carbocycles. The Morgan fingerprint density at radius 2 is 1.21 bits per heavy atom. The third-order valence-corrected chi connectivity index (χ3v) is 13.2. The van der Waals surface area contributed by atoms with E-state index in [-0.39, 0.29) is 28.9 Å². The Morgan fingerprint density at radius 3 is 1.88 bits per heavy atom. The van der Waals surface area contributed by atoms with Crippen molar-refractivity contribution in [1.82, 2.24) is 44.4 Å². The van der Waals surface area contributed by atoms with E-state index in [1.807, 2.05) is 14.7 Å². The number of benzene rings is 2. The average Bonchev–Trinajstić information content (AvgIpc) is 3.74. The molecule has 3 amide bonds. The van der Waals surface area contributed by atoms with E-state index < -0.39 is 0 Å². The zero-order valence-electron chi connectivity index (χ0n) is 32.9. The molecule has 0 unspecified atom stereocenters. The van der Waals surface area contributed by atoms with Crippen molar-refractivity contribution in [2.45, 2.75) is 82.6 Å². The first-order chi connectivity index (χ1) is 28.3. The molecule has 1 atom stereocenters. The fourth-order valence-corrected chi connectivity index (χ4v) is 9.83. The number of aromatic nitrogens is 4. The van der Waals surface area contributed by atoms with E-state index in [9.17, 15) is 14.4 Å². The van der Waals surface area contributed by atoms with Gasteiger partial charge in [0.2, 0.25) is 5.91 Å². The van der Waals surface area contributed by atoms with Gasteiger partial charge in [-0.25, -0.2) is 19.9 Å². The van der Waals surface area contributed by atoms with Crippen LogP contribution >= 0.6 is 11.6 Å². The molecule has 9 rings (SSSR count). The maximum Gasteiger partial charge on any atom is 0.272 e. The molecule has 5 aliphatic heterocycles. The van der Waals surface area contributed by atoms with Crippen LogP contribution in [0.1, 0.15) is 80.9 Å². The van der Waals surface area contributed by atoms with Crippen molar-refractivity contribution in [2.75, 3.05) is 57.7 Å². The van der Waals surface area contributed by atoms with E-state index in [1.54, 1.807) is 6.07 Å². The number of hydrogen-bond acceptors (Lipinski definition) is 10. The van der Waals surface area contributed by atoms with Crippen molar-refractivity contribution in [2.24, 2.45) is 0 Å². The van der Waals surface area contributed by atoms with Crippen LogP contribution in [-0.4, -0.2) is 133 Å². The fourth-order valence-electron chi connectivity index (χ4n) is 9.68. The molecule has 13 nitrogen and oxygen atoms in total. The highest BCUT2D eigenvalue weighted by Gasteiger charge is 2.33. The molecular formula is C44H51ClN10O3. The van der Waals surface area contributed by atoms with Crippen LogP contribution in [0.25, 0.3) is 0 Å². The van der Waals surface area contributed by atoms with E-state index in [4.69, 9.17) is 11.6 Å². The quantitative estimate of drug-likeness (QED) is 0.254. The minimum atomic E-state index is -0.0992. The van der Waals surface area contributed by atoms with Crippen LogP contribution in [0, 0.1) is 0 Å². The molecule has 302 valence electrons. The van der Waals surface area contributed by atoms with Crippen molar-refractivity contribution < 1.29 is 14.4 Å². The van der Waals surface area contributed by atoms with Gasteiger partial charge in [-0.2, -0.15) is 0 Å². The first kappa shape index (κ1) is 38.5. The van der Waals surface area contributed by atoms with Crippen LogP contribution in [0.3, 0.4) is 0 Å². The third kappa shape index (κ3) is 8.57. The number of fused-ring (bicyclic) bond motifs is 2. The molecule has 2 aromatic heterocycles. The first-order valence-corrected chi connectivity index (χ1v) is 21.3. The maximum absolute atomic E-state index is 13.6. The summed E-state index contributed by atoms with van der Waals surface area (Å²) in [4.78, 5) is 67.7. The lowest BCUT2D eigenvalue weighted by atomic mass is 9.93. The molecule has 14 heteroatoms. The predicted octanol–water partition coefficient (Wildman–Crippen LogP) is 4.50. The van der Waals surface area contributed by atoms with Crippen LogP contribution in [0.4, 0.5) is 5.82 Å². The normalized spacial score (nSPS) is 20.8. The summed E-state index contributed by atoms with van der Waals surface area (Å²) in [5.41, 5.74) is 7.31. The molecular weight excluding hydrogens is 752 g/mol. The number of hydrogen-bond donors (Lipinski definition) is 1. The van der Waals surface area contributed by atoms with E-state index >= 15 is 0 Å². The molecule has 2 aromatic carbocycles. The highest BCUT2D eigenvalue weighted by molar-refractivity contribution is 6.29. The van der Waals surface area contributed by atoms with Gasteiger partial charge in [0.05, 0.1) is 6.42 Å². The third-order valence-electron chi connectivity index (χ3n) is 13.0. The van der Waals surface area contributed by atoms with Gasteiger partial charge in [-0.1, -0.05) is 54.1 Å². The minimum Gasteiger partial charge on any atom is -0.365 e. The van der Waals surface area contributed by atoms with Crippen molar-refractivity contribution in [1.29, 1.82) is 0 Å². The van der Waals surface area contributed by atoms with Gasteiger partial charge in [0.1, 0.15) is 35.0 Å². The summed E-state index contributed by atoms with van der Waals surface area (Å²) in [6.07, 6.45) is 9.77. The van der Waals surface area contributed by atoms with Gasteiger partial charge in [0.25, 0.3) is 11.8 Å². The number of carbonyl (C=O) groups is 3. The summed E-state index contributed by atoms with van der Waals surface area (Å²) in [7, 11) is 0. The second-order valence-electron chi connectivity index (χ2n) is 16.5. The van der Waals surface area contributed by atoms with Crippen molar-refractivity contribution in [3.8, 4) is 0 Å². The highest BCUT2D eigenvalue weighted by Crippen LogP contribution is 2.28. The molecule has 1 N–H and O–H groups in total. The van der Waals surface area contributed by atoms with E-state index in [2.05, 4.69) is 77.5 Å². The lowest BCUT2D eigenvalue weighted by Gasteiger charge is -2.40. The number of nitrogens with zero attached hydrogens (tertiary/aromatic N) is 9. The maximum atomic E-state index is 13.6. The average molecular weight is 803 g/mol. The molecule has 3 saturated heterocycles. The number of nitrogens with one attached hydrogen (secondary N) is 1. The van der Waals surface area contributed by atoms with Crippen LogP contribution in [0.5, 0.6) is 0 Å². The monoisotopic (exact) mass is 802 g/mol. The number of piperidine rings is 2. The van der Waals surface area contributed by atoms with Gasteiger partial charge in [0, 0.05) is 95.7 Å². The predicted molar refractivity (Wildman–Crippen MR) is 220 cm³/mol. The van der Waals surface area contributed by atoms with Crippen LogP contribution in [0.15, 0.2) is 67.3 Å². The standard InChI is InChI=1S/C44H51ClN10O3/c45-40-23-38(46-28-48-40)43(57)51-17-12-37(13-18-51)54-15-8-32-6-5-30(21-34(32)26-54)22-42(56)55-16-9-35(27-55)50-41-24-39(47-29-49-41)44(58)52-19-10-36(11-20-52)53-14-7-31-3-1-2-4-33(31)25-53/h1-6,21,23-24,28-29,35-37H,7-20,22,25-27H2,(H,47,49,50)/t35-/m1/s1. The summed E-state index contributed by atoms with van der Waals surface area (Å²) in [5.74, 6) is 0.589. The number of halogens is 1. The summed E-state index contributed by atoms with van der Waals surface area (Å²) in [6.45, 7) is 7.98. The Balaban J connectivity index is 0.732. The highest BCUT2D eigenvalue weighted by atomic mass is 35.5. The lowest BCUT2D eigenvalue weighted by Crippen LogP contribution is -2.48. The second kappa shape index (κ2) is 17.1. The zero-order valence-corrected chi connectivity index (χ0v) is 33.7. The molecule has 5 aliphatic rings. The van der Waals surface area contributed by atoms with Crippen LogP contribution in [-0.2, 0) is 37.1 Å². The minimum absolute atomic E-state index is 0.0461. The summed E-state index contributed by atoms with van der Waals surface area (Å²) >= 11 is 5.99. The smallest absolute Gasteiger partial charge is 0.272 e.